The van der Waals surface area contributed by atoms with Crippen LogP contribution in [0.25, 0.3) is 0 Å². The average molecular weight is 417 g/mol. The van der Waals surface area contributed by atoms with Crippen molar-refractivity contribution in [2.45, 2.75) is 69.5 Å². The molecule has 0 saturated heterocycles. The van der Waals surface area contributed by atoms with Gasteiger partial charge < -0.3 is 9.52 Å². The molecule has 0 spiro atoms. The zero-order valence-electron chi connectivity index (χ0n) is 17.0. The largest absolute Gasteiger partial charge is 0.453 e. The molecule has 5 nitrogen and oxygen atoms in total. The van der Waals surface area contributed by atoms with E-state index in [9.17, 15) is 18.3 Å². The van der Waals surface area contributed by atoms with Crippen LogP contribution in [0.5, 0.6) is 0 Å². The molecule has 2 aliphatic rings. The van der Waals surface area contributed by atoms with Gasteiger partial charge in [-0.05, 0) is 73.1 Å². The maximum absolute atomic E-state index is 12.8. The highest BCUT2D eigenvalue weighted by Crippen LogP contribution is 2.44. The summed E-state index contributed by atoms with van der Waals surface area (Å²) in [4.78, 5) is 12.8. The first-order valence-corrected chi connectivity index (χ1v) is 12.1. The van der Waals surface area contributed by atoms with Gasteiger partial charge in [0, 0.05) is 18.1 Å². The van der Waals surface area contributed by atoms with Crippen LogP contribution in [-0.2, 0) is 33.9 Å². The van der Waals surface area contributed by atoms with E-state index in [4.69, 9.17) is 4.42 Å². The van der Waals surface area contributed by atoms with Gasteiger partial charge in [0.05, 0.1) is 12.4 Å². The molecule has 0 amide bonds. The summed E-state index contributed by atoms with van der Waals surface area (Å²) in [6, 6.07) is 5.65. The molecule has 29 heavy (non-hydrogen) atoms. The van der Waals surface area contributed by atoms with Gasteiger partial charge in [0.2, 0.25) is 14.9 Å². The third kappa shape index (κ3) is 4.19. The Morgan fingerprint density at radius 2 is 2.00 bits per heavy atom. The van der Waals surface area contributed by atoms with Crippen LogP contribution in [0.1, 0.15) is 72.9 Å². The number of furan rings is 1. The number of carbonyl (C=O) groups excluding carboxylic acids is 1. The van der Waals surface area contributed by atoms with Gasteiger partial charge in [0.15, 0.2) is 5.78 Å². The summed E-state index contributed by atoms with van der Waals surface area (Å²) in [6.45, 7) is 3.75. The van der Waals surface area contributed by atoms with Gasteiger partial charge in [0.1, 0.15) is 5.75 Å². The lowest BCUT2D eigenvalue weighted by atomic mass is 9.86. The molecule has 1 fully saturated rings. The highest BCUT2D eigenvalue weighted by atomic mass is 32.2. The second kappa shape index (κ2) is 7.73. The summed E-state index contributed by atoms with van der Waals surface area (Å²) in [5.74, 6) is 0.179. The topological polar surface area (TPSA) is 84.6 Å². The SMILES string of the molecule is C[C@@H](O)c1coc(S(=O)(=O)CC(=O)Cc2c([C@H](C)C3CC3)ccc3c2CCC3)c1. The number of sulfone groups is 1. The van der Waals surface area contributed by atoms with Crippen molar-refractivity contribution in [3.8, 4) is 0 Å². The van der Waals surface area contributed by atoms with Crippen molar-refractivity contribution in [2.24, 2.45) is 5.92 Å². The normalized spacial score (nSPS) is 18.4. The number of rotatable bonds is 8. The first kappa shape index (κ1) is 20.4. The van der Waals surface area contributed by atoms with E-state index in [0.717, 1.165) is 24.8 Å². The van der Waals surface area contributed by atoms with E-state index in [0.29, 0.717) is 17.4 Å². The lowest BCUT2D eigenvalue weighted by molar-refractivity contribution is -0.116. The second-order valence-electron chi connectivity index (χ2n) is 8.60. The Morgan fingerprint density at radius 3 is 2.66 bits per heavy atom. The lowest BCUT2D eigenvalue weighted by Gasteiger charge is -2.19. The average Bonchev–Trinajstić information content (AvgIpc) is 3.17. The van der Waals surface area contributed by atoms with Crippen molar-refractivity contribution in [3.05, 3.63) is 52.3 Å². The Hall–Kier alpha value is -1.92. The van der Waals surface area contributed by atoms with Crippen molar-refractivity contribution in [1.29, 1.82) is 0 Å². The summed E-state index contributed by atoms with van der Waals surface area (Å²) < 4.78 is 30.4. The van der Waals surface area contributed by atoms with Crippen molar-refractivity contribution in [2.75, 3.05) is 5.75 Å². The van der Waals surface area contributed by atoms with Crippen LogP contribution in [0.4, 0.5) is 0 Å². The van der Waals surface area contributed by atoms with Crippen LogP contribution in [0.3, 0.4) is 0 Å². The summed E-state index contributed by atoms with van der Waals surface area (Å²) >= 11 is 0. The van der Waals surface area contributed by atoms with E-state index in [1.54, 1.807) is 0 Å². The molecular weight excluding hydrogens is 388 g/mol. The fraction of sp³-hybridized carbons (Fsp3) is 0.522. The minimum atomic E-state index is -3.87. The molecular formula is C23H28O5S. The van der Waals surface area contributed by atoms with Crippen LogP contribution in [0, 0.1) is 5.92 Å². The molecule has 1 aromatic carbocycles. The summed E-state index contributed by atoms with van der Waals surface area (Å²) in [5.41, 5.74) is 5.22. The van der Waals surface area contributed by atoms with Gasteiger partial charge >= 0.3 is 0 Å². The highest BCUT2D eigenvalue weighted by molar-refractivity contribution is 7.92. The van der Waals surface area contributed by atoms with Crippen molar-refractivity contribution < 1.29 is 22.7 Å². The third-order valence-electron chi connectivity index (χ3n) is 6.37. The molecule has 2 aromatic rings. The summed E-state index contributed by atoms with van der Waals surface area (Å²) in [7, 11) is -3.87. The lowest BCUT2D eigenvalue weighted by Crippen LogP contribution is -2.19. The number of benzene rings is 1. The van der Waals surface area contributed by atoms with E-state index in [-0.39, 0.29) is 17.3 Å². The van der Waals surface area contributed by atoms with Crippen LogP contribution >= 0.6 is 0 Å². The number of fused-ring (bicyclic) bond motifs is 1. The van der Waals surface area contributed by atoms with Crippen molar-refractivity contribution in [1.82, 2.24) is 0 Å². The Labute approximate surface area is 172 Å². The van der Waals surface area contributed by atoms with Crippen LogP contribution in [0.15, 0.2) is 34.0 Å². The quantitative estimate of drug-likeness (QED) is 0.705. The fourth-order valence-electron chi connectivity index (χ4n) is 4.49. The first-order chi connectivity index (χ1) is 13.8. The van der Waals surface area contributed by atoms with Gasteiger partial charge in [-0.15, -0.1) is 0 Å². The highest BCUT2D eigenvalue weighted by Gasteiger charge is 2.32. The molecule has 1 heterocycles. The number of carbonyl (C=O) groups is 1. The molecule has 0 radical (unpaired) electrons. The predicted molar refractivity (Wildman–Crippen MR) is 110 cm³/mol. The van der Waals surface area contributed by atoms with E-state index in [1.807, 2.05) is 0 Å². The molecule has 1 saturated carbocycles. The Balaban J connectivity index is 1.57. The minimum absolute atomic E-state index is 0.152. The van der Waals surface area contributed by atoms with Gasteiger partial charge in [-0.3, -0.25) is 4.79 Å². The van der Waals surface area contributed by atoms with Crippen LogP contribution in [-0.4, -0.2) is 25.1 Å². The Morgan fingerprint density at radius 1 is 1.24 bits per heavy atom. The van der Waals surface area contributed by atoms with Crippen LogP contribution in [0.2, 0.25) is 0 Å². The van der Waals surface area contributed by atoms with Gasteiger partial charge in [-0.2, -0.15) is 0 Å². The van der Waals surface area contributed by atoms with Crippen LogP contribution < -0.4 is 0 Å². The molecule has 6 heteroatoms. The number of ketones is 1. The molecule has 0 bridgehead atoms. The standard InChI is InChI=1S/C23H28O5S/c1-14(16-6-7-16)20-9-8-17-4-3-5-21(17)22(20)11-19(25)13-29(26,27)23-10-18(12-28-23)15(2)24/h8-10,12,14-16,24H,3-7,11,13H2,1-2H3/t14-,15-/m1/s1. The minimum Gasteiger partial charge on any atom is -0.453 e. The molecule has 2 atom stereocenters. The number of Topliss-reactive ketones (excluding diaryl/α,β-unsaturated/α-hetero) is 1. The molecule has 1 aromatic heterocycles. The summed E-state index contributed by atoms with van der Waals surface area (Å²) in [5, 5.41) is 9.32. The van der Waals surface area contributed by atoms with E-state index in [1.165, 1.54) is 48.8 Å². The van der Waals surface area contributed by atoms with Crippen molar-refractivity contribution in [3.63, 3.8) is 0 Å². The number of hydrogen-bond acceptors (Lipinski definition) is 5. The van der Waals surface area contributed by atoms with Gasteiger partial charge in [-0.1, -0.05) is 19.1 Å². The monoisotopic (exact) mass is 416 g/mol. The molecule has 1 N–H and O–H groups in total. The molecule has 2 aliphatic carbocycles. The number of hydrogen-bond donors (Lipinski definition) is 1. The van der Waals surface area contributed by atoms with E-state index in [2.05, 4.69) is 19.1 Å². The van der Waals surface area contributed by atoms with Gasteiger partial charge in [0.25, 0.3) is 0 Å². The third-order valence-corrected chi connectivity index (χ3v) is 7.90. The van der Waals surface area contributed by atoms with Crippen molar-refractivity contribution >= 4 is 15.6 Å². The molecule has 0 aliphatic heterocycles. The van der Waals surface area contributed by atoms with Gasteiger partial charge in [-0.25, -0.2) is 8.42 Å². The fourth-order valence-corrected chi connectivity index (χ4v) is 5.67. The Kier molecular flexibility index (Phi) is 5.42. The molecule has 156 valence electrons. The molecule has 0 unspecified atom stereocenters. The first-order valence-electron chi connectivity index (χ1n) is 10.4. The van der Waals surface area contributed by atoms with E-state index >= 15 is 0 Å². The smallest absolute Gasteiger partial charge is 0.218 e. The number of aliphatic hydroxyl groups is 1. The second-order valence-corrected chi connectivity index (χ2v) is 10.5. The number of aliphatic hydroxyl groups excluding tert-OH is 1. The maximum atomic E-state index is 12.8. The molecule has 4 rings (SSSR count). The zero-order chi connectivity index (χ0) is 20.8. The predicted octanol–water partition coefficient (Wildman–Crippen LogP) is 3.92. The number of aryl methyl sites for hydroxylation is 1. The van der Waals surface area contributed by atoms with E-state index < -0.39 is 21.7 Å². The summed E-state index contributed by atoms with van der Waals surface area (Å²) in [6.07, 6.45) is 6.09. The maximum Gasteiger partial charge on any atom is 0.218 e. The zero-order valence-corrected chi connectivity index (χ0v) is 17.8. The Bertz CT molecular complexity index is 1030.